The fraction of sp³-hybridized carbons (Fsp3) is 0.375. The van der Waals surface area contributed by atoms with Crippen LogP contribution in [0.4, 0.5) is 11.4 Å². The third-order valence-electron chi connectivity index (χ3n) is 5.87. The van der Waals surface area contributed by atoms with Crippen LogP contribution in [0.25, 0.3) is 0 Å². The molecule has 0 saturated carbocycles. The summed E-state index contributed by atoms with van der Waals surface area (Å²) in [5.74, 6) is 0.774. The lowest BCUT2D eigenvalue weighted by Gasteiger charge is -2.23. The summed E-state index contributed by atoms with van der Waals surface area (Å²) >= 11 is 0. The Morgan fingerprint density at radius 1 is 0.935 bits per heavy atom. The van der Waals surface area contributed by atoms with Crippen LogP contribution in [0, 0.1) is 0 Å². The third kappa shape index (κ3) is 4.55. The quantitative estimate of drug-likeness (QED) is 0.744. The molecular formula is C24H28N4O3. The Morgan fingerprint density at radius 2 is 1.68 bits per heavy atom. The molecule has 0 bridgehead atoms. The van der Waals surface area contributed by atoms with Crippen molar-refractivity contribution in [3.05, 3.63) is 54.6 Å². The van der Waals surface area contributed by atoms with Gasteiger partial charge in [0.1, 0.15) is 17.5 Å². The highest BCUT2D eigenvalue weighted by Gasteiger charge is 2.36. The van der Waals surface area contributed by atoms with Gasteiger partial charge in [-0.3, -0.25) is 14.6 Å². The van der Waals surface area contributed by atoms with E-state index in [1.165, 1.54) is 0 Å². The van der Waals surface area contributed by atoms with Crippen LogP contribution in [-0.2, 0) is 9.59 Å². The SMILES string of the molecule is COc1ccc(N2CCCN(C(=O)C3=NN(c4ccccc4)C(C(C)=O)C3)CC2)cc1. The molecule has 4 rings (SSSR count). The summed E-state index contributed by atoms with van der Waals surface area (Å²) < 4.78 is 5.24. The first kappa shape index (κ1) is 20.9. The van der Waals surface area contributed by atoms with Gasteiger partial charge in [-0.05, 0) is 49.7 Å². The second-order valence-electron chi connectivity index (χ2n) is 7.89. The molecule has 0 N–H and O–H groups in total. The molecule has 1 saturated heterocycles. The number of ketones is 1. The van der Waals surface area contributed by atoms with E-state index in [0.29, 0.717) is 25.2 Å². The standard InChI is InChI=1S/C24H28N4O3/c1-18(29)23-17-22(25-28(23)20-7-4-3-5-8-20)24(30)27-14-6-13-26(15-16-27)19-9-11-21(31-2)12-10-19/h3-5,7-12,23H,6,13-17H2,1-2H3. The van der Waals surface area contributed by atoms with Gasteiger partial charge >= 0.3 is 0 Å². The Morgan fingerprint density at radius 3 is 2.35 bits per heavy atom. The molecule has 1 atom stereocenters. The zero-order chi connectivity index (χ0) is 21.8. The fourth-order valence-electron chi connectivity index (χ4n) is 4.13. The number of carbonyl (C=O) groups excluding carboxylic acids is 2. The number of hydrogen-bond donors (Lipinski definition) is 0. The van der Waals surface area contributed by atoms with E-state index in [2.05, 4.69) is 10.0 Å². The van der Waals surface area contributed by atoms with Crippen molar-refractivity contribution in [1.29, 1.82) is 0 Å². The molecule has 7 nitrogen and oxygen atoms in total. The minimum Gasteiger partial charge on any atom is -0.497 e. The Balaban J connectivity index is 1.46. The Bertz CT molecular complexity index is 959. The van der Waals surface area contributed by atoms with Crippen LogP contribution in [0.5, 0.6) is 5.75 Å². The van der Waals surface area contributed by atoms with Gasteiger partial charge in [0.15, 0.2) is 5.78 Å². The monoisotopic (exact) mass is 420 g/mol. The number of hydrazone groups is 1. The normalized spacial score (nSPS) is 19.1. The fourth-order valence-corrected chi connectivity index (χ4v) is 4.13. The minimum atomic E-state index is -0.427. The van der Waals surface area contributed by atoms with E-state index in [4.69, 9.17) is 4.74 Å². The van der Waals surface area contributed by atoms with E-state index in [9.17, 15) is 9.59 Å². The summed E-state index contributed by atoms with van der Waals surface area (Å²) in [4.78, 5) is 29.6. The molecule has 2 aliphatic rings. The lowest BCUT2D eigenvalue weighted by Crippen LogP contribution is -2.39. The average Bonchev–Trinajstić information content (AvgIpc) is 3.11. The lowest BCUT2D eigenvalue weighted by atomic mass is 10.1. The minimum absolute atomic E-state index is 0.0111. The summed E-state index contributed by atoms with van der Waals surface area (Å²) in [6.07, 6.45) is 1.23. The van der Waals surface area contributed by atoms with E-state index in [1.54, 1.807) is 19.0 Å². The van der Waals surface area contributed by atoms with E-state index in [1.807, 2.05) is 59.5 Å². The van der Waals surface area contributed by atoms with Crippen LogP contribution in [0.3, 0.4) is 0 Å². The molecule has 162 valence electrons. The van der Waals surface area contributed by atoms with Gasteiger partial charge in [-0.25, -0.2) is 0 Å². The van der Waals surface area contributed by atoms with Gasteiger partial charge in [0, 0.05) is 38.3 Å². The Kier molecular flexibility index (Phi) is 6.21. The van der Waals surface area contributed by atoms with E-state index in [0.717, 1.165) is 36.6 Å². The molecule has 2 aromatic rings. The van der Waals surface area contributed by atoms with Crippen LogP contribution in [0.1, 0.15) is 19.8 Å². The van der Waals surface area contributed by atoms with Crippen molar-refractivity contribution >= 4 is 28.8 Å². The maximum atomic E-state index is 13.2. The molecule has 0 radical (unpaired) electrons. The van der Waals surface area contributed by atoms with Crippen LogP contribution in [-0.4, -0.2) is 61.6 Å². The van der Waals surface area contributed by atoms with Gasteiger partial charge in [0.05, 0.1) is 12.8 Å². The van der Waals surface area contributed by atoms with Crippen molar-refractivity contribution in [2.24, 2.45) is 5.10 Å². The smallest absolute Gasteiger partial charge is 0.270 e. The number of para-hydroxylation sites is 1. The van der Waals surface area contributed by atoms with E-state index in [-0.39, 0.29) is 11.7 Å². The largest absolute Gasteiger partial charge is 0.497 e. The molecule has 0 aromatic heterocycles. The van der Waals surface area contributed by atoms with Gasteiger partial charge in [-0.15, -0.1) is 0 Å². The molecular weight excluding hydrogens is 392 g/mol. The molecule has 31 heavy (non-hydrogen) atoms. The number of methoxy groups -OCH3 is 1. The molecule has 2 heterocycles. The van der Waals surface area contributed by atoms with Crippen LogP contribution in [0.15, 0.2) is 59.7 Å². The number of amides is 1. The Labute approximate surface area is 182 Å². The molecule has 1 unspecified atom stereocenters. The van der Waals surface area contributed by atoms with Crippen molar-refractivity contribution in [3.8, 4) is 5.75 Å². The first-order chi connectivity index (χ1) is 15.1. The van der Waals surface area contributed by atoms with Crippen molar-refractivity contribution in [2.45, 2.75) is 25.8 Å². The van der Waals surface area contributed by atoms with Crippen molar-refractivity contribution in [3.63, 3.8) is 0 Å². The average molecular weight is 421 g/mol. The zero-order valence-corrected chi connectivity index (χ0v) is 18.0. The number of benzene rings is 2. The first-order valence-corrected chi connectivity index (χ1v) is 10.7. The van der Waals surface area contributed by atoms with Crippen LogP contribution < -0.4 is 14.6 Å². The van der Waals surface area contributed by atoms with Gasteiger partial charge in [-0.2, -0.15) is 5.10 Å². The summed E-state index contributed by atoms with van der Waals surface area (Å²) in [5.41, 5.74) is 2.41. The number of ether oxygens (including phenoxy) is 1. The molecule has 1 amide bonds. The van der Waals surface area contributed by atoms with Gasteiger partial charge in [0.25, 0.3) is 5.91 Å². The van der Waals surface area contributed by atoms with E-state index < -0.39 is 6.04 Å². The predicted octanol–water partition coefficient (Wildman–Crippen LogP) is 2.96. The van der Waals surface area contributed by atoms with E-state index >= 15 is 0 Å². The number of carbonyl (C=O) groups is 2. The highest BCUT2D eigenvalue weighted by Crippen LogP contribution is 2.26. The maximum Gasteiger partial charge on any atom is 0.270 e. The molecule has 2 aliphatic heterocycles. The molecule has 7 heteroatoms. The van der Waals surface area contributed by atoms with Crippen LogP contribution in [0.2, 0.25) is 0 Å². The van der Waals surface area contributed by atoms with Gasteiger partial charge in [0.2, 0.25) is 0 Å². The molecule has 2 aromatic carbocycles. The van der Waals surface area contributed by atoms with Crippen LogP contribution >= 0.6 is 0 Å². The third-order valence-corrected chi connectivity index (χ3v) is 5.87. The second-order valence-corrected chi connectivity index (χ2v) is 7.89. The number of hydrogen-bond acceptors (Lipinski definition) is 6. The van der Waals surface area contributed by atoms with Crippen molar-refractivity contribution < 1.29 is 14.3 Å². The zero-order valence-electron chi connectivity index (χ0n) is 18.0. The van der Waals surface area contributed by atoms with Gasteiger partial charge < -0.3 is 14.5 Å². The number of nitrogens with zero attached hydrogens (tertiary/aromatic N) is 4. The van der Waals surface area contributed by atoms with Gasteiger partial charge in [-0.1, -0.05) is 18.2 Å². The first-order valence-electron chi connectivity index (χ1n) is 10.7. The molecule has 0 aliphatic carbocycles. The molecule has 1 fully saturated rings. The highest BCUT2D eigenvalue weighted by atomic mass is 16.5. The number of rotatable bonds is 5. The maximum absolute atomic E-state index is 13.2. The topological polar surface area (TPSA) is 65.5 Å². The Hall–Kier alpha value is -3.35. The summed E-state index contributed by atoms with van der Waals surface area (Å²) in [6.45, 7) is 4.50. The summed E-state index contributed by atoms with van der Waals surface area (Å²) in [6, 6.07) is 17.1. The van der Waals surface area contributed by atoms with Crippen molar-refractivity contribution in [2.75, 3.05) is 43.2 Å². The number of anilines is 2. The lowest BCUT2D eigenvalue weighted by molar-refractivity contribution is -0.124. The molecule has 0 spiro atoms. The summed E-state index contributed by atoms with van der Waals surface area (Å²) in [7, 11) is 1.66. The predicted molar refractivity (Wildman–Crippen MR) is 122 cm³/mol. The highest BCUT2D eigenvalue weighted by molar-refractivity contribution is 6.40. The van der Waals surface area contributed by atoms with Crippen molar-refractivity contribution in [1.82, 2.24) is 4.90 Å². The second kappa shape index (κ2) is 9.20. The summed E-state index contributed by atoms with van der Waals surface area (Å²) in [5, 5.41) is 6.26. The number of Topliss-reactive ketones (excluding diaryl/α,β-unsaturated/α-hetero) is 1.